The second-order valence-corrected chi connectivity index (χ2v) is 6.07. The zero-order valence-corrected chi connectivity index (χ0v) is 14.0. The van der Waals surface area contributed by atoms with Crippen molar-refractivity contribution in [2.75, 3.05) is 13.7 Å². The average molecular weight is 345 g/mol. The van der Waals surface area contributed by atoms with Crippen LogP contribution in [-0.4, -0.2) is 35.4 Å². The Morgan fingerprint density at radius 1 is 1.29 bits per heavy atom. The molecule has 1 fully saturated rings. The predicted molar refractivity (Wildman–Crippen MR) is 90.0 cm³/mol. The van der Waals surface area contributed by atoms with E-state index in [-0.39, 0.29) is 11.9 Å². The highest BCUT2D eigenvalue weighted by atomic mass is 35.5. The number of hydrogen-bond acceptors (Lipinski definition) is 4. The molecule has 1 aliphatic rings. The molecule has 1 aliphatic heterocycles. The van der Waals surface area contributed by atoms with Crippen LogP contribution in [0.1, 0.15) is 45.3 Å². The van der Waals surface area contributed by atoms with Crippen LogP contribution in [0.3, 0.4) is 0 Å². The normalized spacial score (nSPS) is 16.9. The topological polar surface area (TPSA) is 59.5 Å². The molecule has 124 valence electrons. The van der Waals surface area contributed by atoms with Gasteiger partial charge >= 0.3 is 5.97 Å². The minimum atomic E-state index is -0.473. The van der Waals surface area contributed by atoms with E-state index in [0.717, 1.165) is 18.4 Å². The third-order valence-corrected chi connectivity index (χ3v) is 4.39. The van der Waals surface area contributed by atoms with E-state index in [1.807, 2.05) is 29.2 Å². The van der Waals surface area contributed by atoms with Gasteiger partial charge in [-0.05, 0) is 42.7 Å². The number of carbonyl (C=O) groups excluding carboxylic acids is 2. The molecular formula is C18H17ClN2O3. The van der Waals surface area contributed by atoms with Crippen molar-refractivity contribution >= 4 is 23.5 Å². The van der Waals surface area contributed by atoms with E-state index >= 15 is 0 Å². The van der Waals surface area contributed by atoms with Crippen molar-refractivity contribution in [3.8, 4) is 0 Å². The predicted octanol–water partition coefficient (Wildman–Crippen LogP) is 3.50. The van der Waals surface area contributed by atoms with Crippen LogP contribution in [0.25, 0.3) is 0 Å². The van der Waals surface area contributed by atoms with Crippen LogP contribution in [-0.2, 0) is 4.74 Å². The van der Waals surface area contributed by atoms with Gasteiger partial charge in [-0.15, -0.1) is 0 Å². The number of nitrogens with zero attached hydrogens (tertiary/aromatic N) is 2. The van der Waals surface area contributed by atoms with Crippen LogP contribution in [0.2, 0.25) is 5.02 Å². The summed E-state index contributed by atoms with van der Waals surface area (Å²) in [6, 6.07) is 10.7. The van der Waals surface area contributed by atoms with Crippen LogP contribution in [0, 0.1) is 0 Å². The number of rotatable bonds is 3. The Kier molecular flexibility index (Phi) is 4.81. The molecule has 0 spiro atoms. The van der Waals surface area contributed by atoms with Crippen molar-refractivity contribution in [3.63, 3.8) is 0 Å². The number of esters is 1. The van der Waals surface area contributed by atoms with Crippen molar-refractivity contribution in [2.45, 2.75) is 18.9 Å². The monoisotopic (exact) mass is 344 g/mol. The first-order valence-electron chi connectivity index (χ1n) is 7.71. The summed E-state index contributed by atoms with van der Waals surface area (Å²) in [5, 5.41) is 0.660. The Bertz CT molecular complexity index is 761. The molecule has 2 aromatic rings. The molecule has 1 amide bonds. The highest BCUT2D eigenvalue weighted by Crippen LogP contribution is 2.33. The van der Waals surface area contributed by atoms with Crippen LogP contribution in [0.5, 0.6) is 0 Å². The van der Waals surface area contributed by atoms with E-state index in [1.54, 1.807) is 12.1 Å². The van der Waals surface area contributed by atoms with Gasteiger partial charge in [0.25, 0.3) is 5.91 Å². The average Bonchev–Trinajstić information content (AvgIpc) is 3.10. The fourth-order valence-corrected chi connectivity index (χ4v) is 3.18. The number of ether oxygens (including phenoxy) is 1. The summed E-state index contributed by atoms with van der Waals surface area (Å²) in [5.41, 5.74) is 1.66. The second kappa shape index (κ2) is 7.01. The van der Waals surface area contributed by atoms with Crippen LogP contribution in [0.4, 0.5) is 0 Å². The smallest absolute Gasteiger partial charge is 0.339 e. The number of carbonyl (C=O) groups is 2. The largest absolute Gasteiger partial charge is 0.465 e. The lowest BCUT2D eigenvalue weighted by atomic mass is 10.0. The maximum Gasteiger partial charge on any atom is 0.339 e. The summed E-state index contributed by atoms with van der Waals surface area (Å²) in [6.07, 6.45) is 3.19. The Labute approximate surface area is 145 Å². The number of likely N-dealkylation sites (tertiary alicyclic amines) is 1. The molecule has 1 aromatic carbocycles. The molecular weight excluding hydrogens is 328 g/mol. The van der Waals surface area contributed by atoms with Crippen molar-refractivity contribution in [2.24, 2.45) is 0 Å². The number of benzene rings is 1. The highest BCUT2D eigenvalue weighted by molar-refractivity contribution is 6.30. The molecule has 0 N–H and O–H groups in total. The maximum absolute atomic E-state index is 12.8. The summed E-state index contributed by atoms with van der Waals surface area (Å²) in [7, 11) is 1.31. The zero-order chi connectivity index (χ0) is 17.1. The van der Waals surface area contributed by atoms with Gasteiger partial charge in [0.15, 0.2) is 0 Å². The first-order chi connectivity index (χ1) is 11.6. The standard InChI is InChI=1S/C18H17ClN2O3/c1-24-18(23)13-7-8-15(20-11-13)17(22)21-9-3-6-16(21)12-4-2-5-14(19)10-12/h2,4-5,7-8,10-11,16H,3,6,9H2,1H3. The summed E-state index contributed by atoms with van der Waals surface area (Å²) >= 11 is 6.07. The SMILES string of the molecule is COC(=O)c1ccc(C(=O)N2CCCC2c2cccc(Cl)c2)nc1. The van der Waals surface area contributed by atoms with Crippen LogP contribution < -0.4 is 0 Å². The van der Waals surface area contributed by atoms with Gasteiger partial charge in [-0.3, -0.25) is 9.78 Å². The van der Waals surface area contributed by atoms with E-state index in [0.29, 0.717) is 22.8 Å². The summed E-state index contributed by atoms with van der Waals surface area (Å²) < 4.78 is 4.64. The third-order valence-electron chi connectivity index (χ3n) is 4.15. The molecule has 1 saturated heterocycles. The van der Waals surface area contributed by atoms with Crippen LogP contribution >= 0.6 is 11.6 Å². The number of amides is 1. The zero-order valence-electron chi connectivity index (χ0n) is 13.2. The Balaban J connectivity index is 1.82. The third kappa shape index (κ3) is 3.26. The minimum Gasteiger partial charge on any atom is -0.465 e. The van der Waals surface area contributed by atoms with Gasteiger partial charge in [-0.2, -0.15) is 0 Å². The lowest BCUT2D eigenvalue weighted by Gasteiger charge is -2.25. The minimum absolute atomic E-state index is 0.00159. The van der Waals surface area contributed by atoms with E-state index in [4.69, 9.17) is 11.6 Å². The lowest BCUT2D eigenvalue weighted by Crippen LogP contribution is -2.31. The molecule has 0 saturated carbocycles. The molecule has 3 rings (SSSR count). The van der Waals surface area contributed by atoms with Gasteiger partial charge < -0.3 is 9.64 Å². The number of methoxy groups -OCH3 is 1. The molecule has 6 heteroatoms. The Hall–Kier alpha value is -2.40. The molecule has 0 radical (unpaired) electrons. The Morgan fingerprint density at radius 3 is 2.79 bits per heavy atom. The van der Waals surface area contributed by atoms with Crippen molar-refractivity contribution in [1.29, 1.82) is 0 Å². The van der Waals surface area contributed by atoms with Crippen molar-refractivity contribution in [3.05, 3.63) is 64.4 Å². The molecule has 1 unspecified atom stereocenters. The maximum atomic E-state index is 12.8. The van der Waals surface area contributed by atoms with Gasteiger partial charge in [-0.1, -0.05) is 23.7 Å². The summed E-state index contributed by atoms with van der Waals surface area (Å²) in [5.74, 6) is -0.617. The molecule has 0 bridgehead atoms. The molecule has 1 atom stereocenters. The number of halogens is 1. The quantitative estimate of drug-likeness (QED) is 0.799. The van der Waals surface area contributed by atoms with E-state index in [2.05, 4.69) is 9.72 Å². The second-order valence-electron chi connectivity index (χ2n) is 5.64. The van der Waals surface area contributed by atoms with Gasteiger partial charge in [0.2, 0.25) is 0 Å². The van der Waals surface area contributed by atoms with E-state index < -0.39 is 5.97 Å². The van der Waals surface area contributed by atoms with E-state index in [1.165, 1.54) is 13.3 Å². The Morgan fingerprint density at radius 2 is 2.12 bits per heavy atom. The highest BCUT2D eigenvalue weighted by Gasteiger charge is 2.31. The fourth-order valence-electron chi connectivity index (χ4n) is 2.98. The first kappa shape index (κ1) is 16.5. The summed E-state index contributed by atoms with van der Waals surface area (Å²) in [6.45, 7) is 0.677. The van der Waals surface area contributed by atoms with Crippen LogP contribution in [0.15, 0.2) is 42.6 Å². The summed E-state index contributed by atoms with van der Waals surface area (Å²) in [4.78, 5) is 30.2. The molecule has 2 heterocycles. The van der Waals surface area contributed by atoms with Gasteiger partial charge in [0.05, 0.1) is 18.7 Å². The van der Waals surface area contributed by atoms with Crippen molar-refractivity contribution in [1.82, 2.24) is 9.88 Å². The fraction of sp³-hybridized carbons (Fsp3) is 0.278. The van der Waals surface area contributed by atoms with E-state index in [9.17, 15) is 9.59 Å². The first-order valence-corrected chi connectivity index (χ1v) is 8.09. The molecule has 1 aromatic heterocycles. The van der Waals surface area contributed by atoms with Gasteiger partial charge in [0, 0.05) is 17.8 Å². The van der Waals surface area contributed by atoms with Gasteiger partial charge in [0.1, 0.15) is 5.69 Å². The van der Waals surface area contributed by atoms with Crippen molar-refractivity contribution < 1.29 is 14.3 Å². The number of pyridine rings is 1. The number of aromatic nitrogens is 1. The van der Waals surface area contributed by atoms with Gasteiger partial charge in [-0.25, -0.2) is 4.79 Å². The molecule has 24 heavy (non-hydrogen) atoms. The molecule has 5 nitrogen and oxygen atoms in total. The lowest BCUT2D eigenvalue weighted by molar-refractivity contribution is 0.0598. The number of hydrogen-bond donors (Lipinski definition) is 0. The molecule has 0 aliphatic carbocycles.